The molecule has 1 atom stereocenters. The Hall–Kier alpha value is -1.49. The molecule has 1 aromatic rings. The molecule has 21 heavy (non-hydrogen) atoms. The SMILES string of the molecule is CCCC(CCO)CNS(=O)(=O)c1ccc(C#N)cc1F. The van der Waals surface area contributed by atoms with Crippen LogP contribution in [0.4, 0.5) is 4.39 Å². The van der Waals surface area contributed by atoms with Gasteiger partial charge >= 0.3 is 0 Å². The third-order valence-electron chi connectivity index (χ3n) is 3.15. The van der Waals surface area contributed by atoms with Crippen LogP contribution in [0.3, 0.4) is 0 Å². The summed E-state index contributed by atoms with van der Waals surface area (Å²) in [6, 6.07) is 4.98. The fourth-order valence-electron chi connectivity index (χ4n) is 2.03. The zero-order valence-electron chi connectivity index (χ0n) is 11.8. The summed E-state index contributed by atoms with van der Waals surface area (Å²) in [6.07, 6.45) is 2.14. The van der Waals surface area contributed by atoms with Crippen molar-refractivity contribution in [3.8, 4) is 6.07 Å². The van der Waals surface area contributed by atoms with E-state index in [1.165, 1.54) is 6.07 Å². The lowest BCUT2D eigenvalue weighted by atomic mass is 10.0. The number of nitriles is 1. The first kappa shape index (κ1) is 17.6. The first-order valence-corrected chi connectivity index (χ1v) is 8.23. The molecule has 2 N–H and O–H groups in total. The Morgan fingerprint density at radius 2 is 2.14 bits per heavy atom. The van der Waals surface area contributed by atoms with Crippen molar-refractivity contribution < 1.29 is 17.9 Å². The van der Waals surface area contributed by atoms with Gasteiger partial charge in [0.15, 0.2) is 0 Å². The number of aliphatic hydroxyl groups is 1. The average molecular weight is 314 g/mol. The van der Waals surface area contributed by atoms with E-state index in [0.29, 0.717) is 6.42 Å². The molecule has 0 spiro atoms. The Kier molecular flexibility index (Phi) is 6.75. The smallest absolute Gasteiger partial charge is 0.243 e. The van der Waals surface area contributed by atoms with Gasteiger partial charge in [-0.15, -0.1) is 0 Å². The number of hydrogen-bond donors (Lipinski definition) is 2. The molecule has 1 unspecified atom stereocenters. The van der Waals surface area contributed by atoms with E-state index in [0.717, 1.165) is 25.0 Å². The molecule has 0 radical (unpaired) electrons. The molecule has 116 valence electrons. The van der Waals surface area contributed by atoms with Crippen molar-refractivity contribution >= 4 is 10.0 Å². The molecular formula is C14H19FN2O3S. The summed E-state index contributed by atoms with van der Waals surface area (Å²) in [7, 11) is -3.96. The van der Waals surface area contributed by atoms with E-state index in [-0.39, 0.29) is 24.6 Å². The van der Waals surface area contributed by atoms with E-state index in [9.17, 15) is 12.8 Å². The van der Waals surface area contributed by atoms with Crippen molar-refractivity contribution in [2.45, 2.75) is 31.1 Å². The third kappa shape index (κ3) is 5.08. The molecule has 5 nitrogen and oxygen atoms in total. The van der Waals surface area contributed by atoms with Gasteiger partial charge in [0.25, 0.3) is 0 Å². The minimum atomic E-state index is -3.96. The normalized spacial score (nSPS) is 12.9. The number of nitrogens with one attached hydrogen (secondary N) is 1. The van der Waals surface area contributed by atoms with Gasteiger partial charge in [0.05, 0.1) is 11.6 Å². The van der Waals surface area contributed by atoms with Gasteiger partial charge < -0.3 is 5.11 Å². The largest absolute Gasteiger partial charge is 0.396 e. The maximum absolute atomic E-state index is 13.7. The highest BCUT2D eigenvalue weighted by Gasteiger charge is 2.20. The van der Waals surface area contributed by atoms with Crippen molar-refractivity contribution in [1.82, 2.24) is 4.72 Å². The molecule has 0 fully saturated rings. The van der Waals surface area contributed by atoms with Gasteiger partial charge in [0.2, 0.25) is 10.0 Å². The Morgan fingerprint density at radius 3 is 2.67 bits per heavy atom. The Balaban J connectivity index is 2.84. The molecular weight excluding hydrogens is 295 g/mol. The lowest BCUT2D eigenvalue weighted by Crippen LogP contribution is -2.30. The number of rotatable bonds is 8. The molecule has 0 heterocycles. The Morgan fingerprint density at radius 1 is 1.43 bits per heavy atom. The predicted molar refractivity (Wildman–Crippen MR) is 76.4 cm³/mol. The molecule has 0 aliphatic rings. The van der Waals surface area contributed by atoms with Gasteiger partial charge in [-0.25, -0.2) is 17.5 Å². The lowest BCUT2D eigenvalue weighted by Gasteiger charge is -2.16. The van der Waals surface area contributed by atoms with Crippen molar-refractivity contribution in [3.05, 3.63) is 29.6 Å². The van der Waals surface area contributed by atoms with E-state index < -0.39 is 20.7 Å². The van der Waals surface area contributed by atoms with Gasteiger partial charge in [0.1, 0.15) is 10.7 Å². The van der Waals surface area contributed by atoms with Crippen LogP contribution >= 0.6 is 0 Å². The van der Waals surface area contributed by atoms with Crippen molar-refractivity contribution in [2.24, 2.45) is 5.92 Å². The summed E-state index contributed by atoms with van der Waals surface area (Å²) in [4.78, 5) is -0.472. The summed E-state index contributed by atoms with van der Waals surface area (Å²) < 4.78 is 40.2. The van der Waals surface area contributed by atoms with Gasteiger partial charge in [-0.05, 0) is 37.0 Å². The maximum atomic E-state index is 13.7. The van der Waals surface area contributed by atoms with Gasteiger partial charge in [-0.3, -0.25) is 0 Å². The standard InChI is InChI=1S/C14H19FN2O3S/c1-2-3-11(6-7-18)10-17-21(19,20)14-5-4-12(9-16)8-13(14)15/h4-5,8,11,17-18H,2-3,6-7,10H2,1H3. The van der Waals surface area contributed by atoms with E-state index in [2.05, 4.69) is 4.72 Å². The molecule has 1 aromatic carbocycles. The lowest BCUT2D eigenvalue weighted by molar-refractivity contribution is 0.251. The van der Waals surface area contributed by atoms with Crippen molar-refractivity contribution in [1.29, 1.82) is 5.26 Å². The Labute approximate surface area is 124 Å². The topological polar surface area (TPSA) is 90.2 Å². The number of nitrogens with zero attached hydrogens (tertiary/aromatic N) is 1. The number of sulfonamides is 1. The zero-order valence-corrected chi connectivity index (χ0v) is 12.7. The number of halogens is 1. The molecule has 1 rings (SSSR count). The second kappa shape index (κ2) is 8.08. The summed E-state index contributed by atoms with van der Waals surface area (Å²) in [5, 5.41) is 17.6. The summed E-state index contributed by atoms with van der Waals surface area (Å²) in [5.41, 5.74) is 0.0654. The first-order chi connectivity index (χ1) is 9.94. The minimum Gasteiger partial charge on any atom is -0.396 e. The molecule has 0 aliphatic carbocycles. The second-order valence-electron chi connectivity index (χ2n) is 4.78. The van der Waals surface area contributed by atoms with Crippen LogP contribution in [0, 0.1) is 23.1 Å². The highest BCUT2D eigenvalue weighted by molar-refractivity contribution is 7.89. The molecule has 0 saturated heterocycles. The quantitative estimate of drug-likeness (QED) is 0.765. The van der Waals surface area contributed by atoms with Crippen LogP contribution in [-0.4, -0.2) is 26.7 Å². The predicted octanol–water partition coefficient (Wildman–Crippen LogP) is 1.77. The molecule has 7 heteroatoms. The zero-order chi connectivity index (χ0) is 15.9. The fourth-order valence-corrected chi connectivity index (χ4v) is 3.21. The highest BCUT2D eigenvalue weighted by Crippen LogP contribution is 2.17. The van der Waals surface area contributed by atoms with Crippen LogP contribution in [0.2, 0.25) is 0 Å². The van der Waals surface area contributed by atoms with E-state index in [4.69, 9.17) is 10.4 Å². The van der Waals surface area contributed by atoms with Gasteiger partial charge in [0, 0.05) is 13.2 Å². The molecule has 0 aromatic heterocycles. The van der Waals surface area contributed by atoms with Gasteiger partial charge in [-0.1, -0.05) is 13.3 Å². The van der Waals surface area contributed by atoms with Gasteiger partial charge in [-0.2, -0.15) is 5.26 Å². The van der Waals surface area contributed by atoms with Crippen LogP contribution in [0.1, 0.15) is 31.7 Å². The summed E-state index contributed by atoms with van der Waals surface area (Å²) >= 11 is 0. The van der Waals surface area contributed by atoms with E-state index in [1.807, 2.05) is 6.92 Å². The Bertz CT molecular complexity index is 605. The summed E-state index contributed by atoms with van der Waals surface area (Å²) in [5.74, 6) is -0.938. The van der Waals surface area contributed by atoms with E-state index in [1.54, 1.807) is 6.07 Å². The number of hydrogen-bond acceptors (Lipinski definition) is 4. The van der Waals surface area contributed by atoms with Crippen LogP contribution in [-0.2, 0) is 10.0 Å². The van der Waals surface area contributed by atoms with E-state index >= 15 is 0 Å². The molecule has 0 aliphatic heterocycles. The van der Waals surface area contributed by atoms with Crippen LogP contribution in [0.5, 0.6) is 0 Å². The first-order valence-electron chi connectivity index (χ1n) is 6.74. The molecule has 0 bridgehead atoms. The minimum absolute atomic E-state index is 0.0104. The average Bonchev–Trinajstić information content (AvgIpc) is 2.45. The van der Waals surface area contributed by atoms with Crippen molar-refractivity contribution in [2.75, 3.05) is 13.2 Å². The second-order valence-corrected chi connectivity index (χ2v) is 6.51. The maximum Gasteiger partial charge on any atom is 0.243 e. The third-order valence-corrected chi connectivity index (χ3v) is 4.60. The monoisotopic (exact) mass is 314 g/mol. The number of aliphatic hydroxyl groups excluding tert-OH is 1. The van der Waals surface area contributed by atoms with Crippen molar-refractivity contribution in [3.63, 3.8) is 0 Å². The van der Waals surface area contributed by atoms with Crippen LogP contribution in [0.15, 0.2) is 23.1 Å². The molecule has 0 saturated carbocycles. The molecule has 0 amide bonds. The fraction of sp³-hybridized carbons (Fsp3) is 0.500. The summed E-state index contributed by atoms with van der Waals surface area (Å²) in [6.45, 7) is 2.10. The number of benzene rings is 1. The van der Waals surface area contributed by atoms with Crippen LogP contribution < -0.4 is 4.72 Å². The van der Waals surface area contributed by atoms with Crippen LogP contribution in [0.25, 0.3) is 0 Å². The highest BCUT2D eigenvalue weighted by atomic mass is 32.2.